The smallest absolute Gasteiger partial charge is 0.0587 e. The molecule has 2 unspecified atom stereocenters. The van der Waals surface area contributed by atoms with Gasteiger partial charge in [-0.2, -0.15) is 0 Å². The molecule has 0 rings (SSSR count). The predicted molar refractivity (Wildman–Crippen MR) is 57.8 cm³/mol. The number of aliphatic hydroxyl groups is 1. The van der Waals surface area contributed by atoms with Gasteiger partial charge < -0.3 is 10.4 Å². The Morgan fingerprint density at radius 1 is 1.00 bits per heavy atom. The van der Waals surface area contributed by atoms with Gasteiger partial charge in [-0.3, -0.25) is 0 Å². The Hall–Kier alpha value is -0.0800. The quantitative estimate of drug-likeness (QED) is 0.667. The van der Waals surface area contributed by atoms with Gasteiger partial charge in [-0.05, 0) is 18.3 Å². The molecule has 0 saturated heterocycles. The van der Waals surface area contributed by atoms with E-state index in [0.717, 1.165) is 6.42 Å². The van der Waals surface area contributed by atoms with Gasteiger partial charge in [0.2, 0.25) is 0 Å². The van der Waals surface area contributed by atoms with Crippen LogP contribution >= 0.6 is 0 Å². The molecule has 0 aromatic heterocycles. The van der Waals surface area contributed by atoms with Crippen LogP contribution in [0.4, 0.5) is 0 Å². The van der Waals surface area contributed by atoms with Gasteiger partial charge in [-0.15, -0.1) is 0 Å². The predicted octanol–water partition coefficient (Wildman–Crippen LogP) is 2.03. The summed E-state index contributed by atoms with van der Waals surface area (Å²) < 4.78 is 0. The maximum absolute atomic E-state index is 9.16. The van der Waals surface area contributed by atoms with Crippen LogP contribution in [0.2, 0.25) is 0 Å². The van der Waals surface area contributed by atoms with Gasteiger partial charge in [0.25, 0.3) is 0 Å². The molecule has 13 heavy (non-hydrogen) atoms. The fraction of sp³-hybridized carbons (Fsp3) is 1.00. The summed E-state index contributed by atoms with van der Waals surface area (Å²) in [5.41, 5.74) is 0. The number of rotatable bonds is 6. The second kappa shape index (κ2) is 6.39. The van der Waals surface area contributed by atoms with Crippen molar-refractivity contribution in [1.29, 1.82) is 0 Å². The third-order valence-corrected chi connectivity index (χ3v) is 2.67. The lowest BCUT2D eigenvalue weighted by molar-refractivity contribution is 0.186. The van der Waals surface area contributed by atoms with E-state index in [1.807, 2.05) is 0 Å². The second-order valence-corrected chi connectivity index (χ2v) is 4.46. The molecule has 2 N–H and O–H groups in total. The summed E-state index contributed by atoms with van der Waals surface area (Å²) in [5.74, 6) is 1.13. The highest BCUT2D eigenvalue weighted by Crippen LogP contribution is 2.09. The van der Waals surface area contributed by atoms with Crippen LogP contribution in [0.5, 0.6) is 0 Å². The largest absolute Gasteiger partial charge is 0.395 e. The molecule has 0 radical (unpaired) electrons. The molecule has 0 spiro atoms. The van der Waals surface area contributed by atoms with Crippen LogP contribution in [0.15, 0.2) is 0 Å². The summed E-state index contributed by atoms with van der Waals surface area (Å²) in [6.07, 6.45) is 1.13. The molecule has 0 heterocycles. The van der Waals surface area contributed by atoms with Crippen LogP contribution < -0.4 is 5.32 Å². The monoisotopic (exact) mass is 187 g/mol. The topological polar surface area (TPSA) is 32.3 Å². The summed E-state index contributed by atoms with van der Waals surface area (Å²) in [4.78, 5) is 0. The van der Waals surface area contributed by atoms with Crippen molar-refractivity contribution in [3.63, 3.8) is 0 Å². The van der Waals surface area contributed by atoms with Crippen LogP contribution in [0.25, 0.3) is 0 Å². The molecule has 0 aliphatic heterocycles. The minimum atomic E-state index is 0.237. The molecule has 0 fully saturated rings. The third kappa shape index (κ3) is 4.63. The zero-order chi connectivity index (χ0) is 10.4. The Morgan fingerprint density at radius 2 is 1.46 bits per heavy atom. The van der Waals surface area contributed by atoms with Crippen LogP contribution in [0.3, 0.4) is 0 Å². The van der Waals surface area contributed by atoms with Crippen molar-refractivity contribution >= 4 is 0 Å². The molecule has 0 bridgehead atoms. The Balaban J connectivity index is 4.03. The first-order valence-corrected chi connectivity index (χ1v) is 5.39. The van der Waals surface area contributed by atoms with Crippen LogP contribution in [-0.4, -0.2) is 23.8 Å². The molecule has 0 amide bonds. The molecular weight excluding hydrogens is 162 g/mol. The van der Waals surface area contributed by atoms with Crippen molar-refractivity contribution in [3.05, 3.63) is 0 Å². The Bertz CT molecular complexity index is 109. The molecule has 2 atom stereocenters. The van der Waals surface area contributed by atoms with Gasteiger partial charge in [0.15, 0.2) is 0 Å². The van der Waals surface area contributed by atoms with Crippen molar-refractivity contribution < 1.29 is 5.11 Å². The fourth-order valence-corrected chi connectivity index (χ4v) is 1.51. The van der Waals surface area contributed by atoms with Crippen LogP contribution in [0.1, 0.15) is 41.0 Å². The third-order valence-electron chi connectivity index (χ3n) is 2.67. The number of nitrogens with one attached hydrogen (secondary N) is 1. The van der Waals surface area contributed by atoms with Gasteiger partial charge >= 0.3 is 0 Å². The molecule has 0 aromatic carbocycles. The SMILES string of the molecule is CCC(NC(CO)C(C)C)C(C)C. The molecule has 0 aliphatic carbocycles. The lowest BCUT2D eigenvalue weighted by atomic mass is 9.97. The maximum atomic E-state index is 9.16. The molecule has 2 nitrogen and oxygen atoms in total. The van der Waals surface area contributed by atoms with Gasteiger partial charge in [0, 0.05) is 12.1 Å². The lowest BCUT2D eigenvalue weighted by Crippen LogP contribution is -2.45. The second-order valence-electron chi connectivity index (χ2n) is 4.46. The normalized spacial score (nSPS) is 16.6. The number of hydrogen-bond donors (Lipinski definition) is 2. The molecule has 80 valence electrons. The van der Waals surface area contributed by atoms with Crippen molar-refractivity contribution in [2.45, 2.75) is 53.1 Å². The van der Waals surface area contributed by atoms with Gasteiger partial charge in [0.1, 0.15) is 0 Å². The average molecular weight is 187 g/mol. The van der Waals surface area contributed by atoms with Crippen molar-refractivity contribution in [3.8, 4) is 0 Å². The summed E-state index contributed by atoms with van der Waals surface area (Å²) >= 11 is 0. The summed E-state index contributed by atoms with van der Waals surface area (Å²) in [7, 11) is 0. The first kappa shape index (κ1) is 12.9. The molecule has 0 saturated carbocycles. The van der Waals surface area contributed by atoms with E-state index in [1.54, 1.807) is 0 Å². The van der Waals surface area contributed by atoms with E-state index >= 15 is 0 Å². The van der Waals surface area contributed by atoms with Gasteiger partial charge in [0.05, 0.1) is 6.61 Å². The molecule has 0 aliphatic rings. The Morgan fingerprint density at radius 3 is 1.69 bits per heavy atom. The van der Waals surface area contributed by atoms with E-state index in [-0.39, 0.29) is 12.6 Å². The number of hydrogen-bond acceptors (Lipinski definition) is 2. The van der Waals surface area contributed by atoms with Gasteiger partial charge in [-0.1, -0.05) is 34.6 Å². The van der Waals surface area contributed by atoms with E-state index in [4.69, 9.17) is 5.11 Å². The van der Waals surface area contributed by atoms with Crippen LogP contribution in [-0.2, 0) is 0 Å². The first-order valence-electron chi connectivity index (χ1n) is 5.39. The van der Waals surface area contributed by atoms with E-state index in [2.05, 4.69) is 39.9 Å². The van der Waals surface area contributed by atoms with E-state index in [0.29, 0.717) is 17.9 Å². The van der Waals surface area contributed by atoms with E-state index < -0.39 is 0 Å². The minimum absolute atomic E-state index is 0.237. The standard InChI is InChI=1S/C11H25NO/c1-6-10(8(2)3)12-11(7-13)9(4)5/h8-13H,6-7H2,1-5H3. The minimum Gasteiger partial charge on any atom is -0.395 e. The van der Waals surface area contributed by atoms with Crippen molar-refractivity contribution in [2.75, 3.05) is 6.61 Å². The average Bonchev–Trinajstić information content (AvgIpc) is 2.05. The van der Waals surface area contributed by atoms with E-state index in [1.165, 1.54) is 0 Å². The highest BCUT2D eigenvalue weighted by atomic mass is 16.3. The molecule has 2 heteroatoms. The Kier molecular flexibility index (Phi) is 6.35. The molecule has 0 aromatic rings. The highest BCUT2D eigenvalue weighted by Gasteiger charge is 2.18. The van der Waals surface area contributed by atoms with Crippen molar-refractivity contribution in [2.24, 2.45) is 11.8 Å². The summed E-state index contributed by atoms with van der Waals surface area (Å²) in [6, 6.07) is 0.770. The van der Waals surface area contributed by atoms with E-state index in [9.17, 15) is 0 Å². The summed E-state index contributed by atoms with van der Waals surface area (Å²) in [6.45, 7) is 11.1. The van der Waals surface area contributed by atoms with Crippen LogP contribution in [0, 0.1) is 11.8 Å². The summed E-state index contributed by atoms with van der Waals surface area (Å²) in [5, 5.41) is 12.7. The fourth-order valence-electron chi connectivity index (χ4n) is 1.51. The Labute approximate surface area is 82.7 Å². The zero-order valence-corrected chi connectivity index (χ0v) is 9.67. The zero-order valence-electron chi connectivity index (χ0n) is 9.67. The highest BCUT2D eigenvalue weighted by molar-refractivity contribution is 4.77. The first-order chi connectivity index (χ1) is 6.02. The van der Waals surface area contributed by atoms with Crippen molar-refractivity contribution in [1.82, 2.24) is 5.32 Å². The number of aliphatic hydroxyl groups excluding tert-OH is 1. The maximum Gasteiger partial charge on any atom is 0.0587 e. The molecular formula is C11H25NO. The van der Waals surface area contributed by atoms with Gasteiger partial charge in [-0.25, -0.2) is 0 Å². The lowest BCUT2D eigenvalue weighted by Gasteiger charge is -2.28.